The maximum Gasteiger partial charge on any atom is 0.161 e. The molecule has 3 heterocycles. The molecule has 1 aliphatic heterocycles. The molecule has 0 radical (unpaired) electrons. The lowest BCUT2D eigenvalue weighted by Gasteiger charge is -2.09. The Morgan fingerprint density at radius 1 is 1.00 bits per heavy atom. The van der Waals surface area contributed by atoms with Gasteiger partial charge < -0.3 is 4.57 Å². The van der Waals surface area contributed by atoms with Gasteiger partial charge in [-0.05, 0) is 47.5 Å². The van der Waals surface area contributed by atoms with E-state index in [0.29, 0.717) is 0 Å². The molecule has 5 rings (SSSR count). The average Bonchev–Trinajstić information content (AvgIpc) is 3.21. The maximum absolute atomic E-state index is 13.2. The van der Waals surface area contributed by atoms with Crippen molar-refractivity contribution in [3.8, 4) is 28.3 Å². The van der Waals surface area contributed by atoms with Gasteiger partial charge in [0.05, 0.1) is 11.4 Å². The van der Waals surface area contributed by atoms with Gasteiger partial charge in [-0.25, -0.2) is 9.37 Å². The van der Waals surface area contributed by atoms with E-state index in [2.05, 4.69) is 54.4 Å². The van der Waals surface area contributed by atoms with Crippen LogP contribution in [-0.4, -0.2) is 14.1 Å². The van der Waals surface area contributed by atoms with E-state index in [1.54, 1.807) is 0 Å². The van der Waals surface area contributed by atoms with Gasteiger partial charge in [0.15, 0.2) is 5.82 Å². The zero-order valence-electron chi connectivity index (χ0n) is 13.2. The summed E-state index contributed by atoms with van der Waals surface area (Å²) in [4.78, 5) is 4.57. The third-order valence-corrected chi connectivity index (χ3v) is 5.08. The monoisotopic (exact) mass is 393 g/mol. The van der Waals surface area contributed by atoms with E-state index < -0.39 is 0 Å². The van der Waals surface area contributed by atoms with Crippen LogP contribution in [0.3, 0.4) is 0 Å². The number of imidazole rings is 1. The summed E-state index contributed by atoms with van der Waals surface area (Å²) in [5, 5.41) is 0. The number of aromatic nitrogens is 3. The Bertz CT molecular complexity index is 1090. The van der Waals surface area contributed by atoms with Crippen molar-refractivity contribution in [1.82, 2.24) is 14.1 Å². The van der Waals surface area contributed by atoms with E-state index in [4.69, 9.17) is 0 Å². The molecule has 2 aromatic carbocycles. The van der Waals surface area contributed by atoms with Gasteiger partial charge in [-0.3, -0.25) is 4.57 Å². The maximum atomic E-state index is 13.2. The van der Waals surface area contributed by atoms with Crippen LogP contribution in [0, 0.1) is 5.82 Å². The predicted octanol–water partition coefficient (Wildman–Crippen LogP) is 5.27. The van der Waals surface area contributed by atoms with Crippen LogP contribution >= 0.6 is 15.9 Å². The molecule has 3 nitrogen and oxygen atoms in total. The van der Waals surface area contributed by atoms with Crippen molar-refractivity contribution in [2.24, 2.45) is 0 Å². The highest BCUT2D eigenvalue weighted by molar-refractivity contribution is 9.10. The first-order chi connectivity index (χ1) is 12.2. The quantitative estimate of drug-likeness (QED) is 0.380. The molecule has 0 fully saturated rings. The van der Waals surface area contributed by atoms with Crippen molar-refractivity contribution < 1.29 is 4.39 Å². The number of nitrogens with zero attached hydrogens (tertiary/aromatic N) is 3. The van der Waals surface area contributed by atoms with Crippen LogP contribution in [0.25, 0.3) is 28.3 Å². The summed E-state index contributed by atoms with van der Waals surface area (Å²) >= 11 is 3.57. The SMILES string of the molecule is Fc1ccc(-c2cc3n(c2)Cc2cc(Br)ccc2-n2ccnc2-3)cc1. The van der Waals surface area contributed by atoms with Crippen LogP contribution in [0.2, 0.25) is 0 Å². The van der Waals surface area contributed by atoms with Crippen molar-refractivity contribution in [2.75, 3.05) is 0 Å². The fourth-order valence-electron chi connectivity index (χ4n) is 3.42. The van der Waals surface area contributed by atoms with Crippen molar-refractivity contribution in [3.63, 3.8) is 0 Å². The highest BCUT2D eigenvalue weighted by Gasteiger charge is 2.21. The molecule has 0 spiro atoms. The minimum absolute atomic E-state index is 0.223. The van der Waals surface area contributed by atoms with E-state index in [-0.39, 0.29) is 5.82 Å². The summed E-state index contributed by atoms with van der Waals surface area (Å²) in [5.41, 5.74) is 5.46. The topological polar surface area (TPSA) is 22.8 Å². The van der Waals surface area contributed by atoms with Gasteiger partial charge in [0.2, 0.25) is 0 Å². The van der Waals surface area contributed by atoms with Crippen molar-refractivity contribution >= 4 is 15.9 Å². The molecule has 25 heavy (non-hydrogen) atoms. The molecule has 0 atom stereocenters. The van der Waals surface area contributed by atoms with Crippen LogP contribution in [0.5, 0.6) is 0 Å². The van der Waals surface area contributed by atoms with Crippen molar-refractivity contribution in [1.29, 1.82) is 0 Å². The molecule has 2 aromatic heterocycles. The van der Waals surface area contributed by atoms with Gasteiger partial charge in [0.1, 0.15) is 5.82 Å². The minimum atomic E-state index is -0.223. The molecule has 0 unspecified atom stereocenters. The lowest BCUT2D eigenvalue weighted by molar-refractivity contribution is 0.628. The Labute approximate surface area is 152 Å². The normalized spacial score (nSPS) is 12.2. The van der Waals surface area contributed by atoms with Crippen molar-refractivity contribution in [3.05, 3.63) is 83.0 Å². The predicted molar refractivity (Wildman–Crippen MR) is 99.2 cm³/mol. The largest absolute Gasteiger partial charge is 0.340 e. The molecular weight excluding hydrogens is 381 g/mol. The first kappa shape index (κ1) is 14.7. The Kier molecular flexibility index (Phi) is 3.18. The number of rotatable bonds is 1. The van der Waals surface area contributed by atoms with Gasteiger partial charge in [-0.15, -0.1) is 0 Å². The van der Waals surface area contributed by atoms with Gasteiger partial charge in [0.25, 0.3) is 0 Å². The summed E-state index contributed by atoms with van der Waals surface area (Å²) in [6.45, 7) is 0.759. The molecule has 122 valence electrons. The average molecular weight is 394 g/mol. The Morgan fingerprint density at radius 2 is 1.84 bits per heavy atom. The molecule has 4 aromatic rings. The molecule has 0 N–H and O–H groups in total. The standard InChI is InChI=1S/C20H13BrFN3/c21-16-3-6-18-15(9-16)12-24-11-14(13-1-4-17(22)5-2-13)10-19(24)20-23-7-8-25(18)20/h1-11H,12H2. The summed E-state index contributed by atoms with van der Waals surface area (Å²) in [7, 11) is 0. The Hall–Kier alpha value is -2.66. The molecule has 1 aliphatic rings. The highest BCUT2D eigenvalue weighted by atomic mass is 79.9. The molecule has 0 amide bonds. The summed E-state index contributed by atoms with van der Waals surface area (Å²) in [6, 6.07) is 15.0. The van der Waals surface area contributed by atoms with E-state index >= 15 is 0 Å². The molecule has 5 heteroatoms. The van der Waals surface area contributed by atoms with E-state index in [0.717, 1.165) is 39.4 Å². The number of hydrogen-bond donors (Lipinski definition) is 0. The van der Waals surface area contributed by atoms with Crippen molar-refractivity contribution in [2.45, 2.75) is 6.54 Å². The summed E-state index contributed by atoms with van der Waals surface area (Å²) < 4.78 is 18.6. The molecule has 0 saturated carbocycles. The van der Waals surface area contributed by atoms with E-state index in [9.17, 15) is 4.39 Å². The second-order valence-electron chi connectivity index (χ2n) is 6.14. The first-order valence-electron chi connectivity index (χ1n) is 7.98. The highest BCUT2D eigenvalue weighted by Crippen LogP contribution is 2.34. The fraction of sp³-hybridized carbons (Fsp3) is 0.0500. The molecular formula is C20H13BrFN3. The van der Waals surface area contributed by atoms with Crippen LogP contribution < -0.4 is 0 Å². The minimum Gasteiger partial charge on any atom is -0.340 e. The fourth-order valence-corrected chi connectivity index (χ4v) is 3.82. The Morgan fingerprint density at radius 3 is 2.68 bits per heavy atom. The number of benzene rings is 2. The van der Waals surface area contributed by atoms with Crippen LogP contribution in [0.1, 0.15) is 5.56 Å². The van der Waals surface area contributed by atoms with Gasteiger partial charge in [-0.1, -0.05) is 28.1 Å². The zero-order chi connectivity index (χ0) is 17.0. The third-order valence-electron chi connectivity index (χ3n) is 4.59. The van der Waals surface area contributed by atoms with E-state index in [1.165, 1.54) is 17.7 Å². The van der Waals surface area contributed by atoms with Crippen LogP contribution in [0.4, 0.5) is 4.39 Å². The number of halogens is 2. The number of hydrogen-bond acceptors (Lipinski definition) is 1. The number of fused-ring (bicyclic) bond motifs is 5. The summed E-state index contributed by atoms with van der Waals surface area (Å²) in [5.74, 6) is 0.688. The van der Waals surface area contributed by atoms with Gasteiger partial charge in [0, 0.05) is 35.2 Å². The summed E-state index contributed by atoms with van der Waals surface area (Å²) in [6.07, 6.45) is 5.92. The zero-order valence-corrected chi connectivity index (χ0v) is 14.7. The molecule has 0 bridgehead atoms. The lowest BCUT2D eigenvalue weighted by atomic mass is 10.1. The first-order valence-corrected chi connectivity index (χ1v) is 8.77. The lowest BCUT2D eigenvalue weighted by Crippen LogP contribution is -1.99. The van der Waals surface area contributed by atoms with Gasteiger partial charge in [-0.2, -0.15) is 0 Å². The second-order valence-corrected chi connectivity index (χ2v) is 7.06. The van der Waals surface area contributed by atoms with E-state index in [1.807, 2.05) is 30.6 Å². The van der Waals surface area contributed by atoms with Crippen LogP contribution in [0.15, 0.2) is 71.6 Å². The van der Waals surface area contributed by atoms with Gasteiger partial charge >= 0.3 is 0 Å². The smallest absolute Gasteiger partial charge is 0.161 e. The molecule has 0 aliphatic carbocycles. The molecule has 0 saturated heterocycles. The second kappa shape index (κ2) is 5.43. The Balaban J connectivity index is 1.71. The third kappa shape index (κ3) is 2.35. The van der Waals surface area contributed by atoms with Crippen LogP contribution in [-0.2, 0) is 6.54 Å².